The first kappa shape index (κ1) is 14.5. The van der Waals surface area contributed by atoms with E-state index >= 15 is 0 Å². The fourth-order valence-electron chi connectivity index (χ4n) is 2.75. The van der Waals surface area contributed by atoms with Gasteiger partial charge in [-0.3, -0.25) is 4.90 Å². The van der Waals surface area contributed by atoms with Crippen LogP contribution in [0.1, 0.15) is 11.1 Å². The monoisotopic (exact) mass is 264 g/mol. The molecule has 19 heavy (non-hydrogen) atoms. The van der Waals surface area contributed by atoms with Crippen LogP contribution in [0.5, 0.6) is 0 Å². The molecule has 1 aliphatic heterocycles. The van der Waals surface area contributed by atoms with Crippen molar-refractivity contribution in [2.75, 3.05) is 33.9 Å². The summed E-state index contributed by atoms with van der Waals surface area (Å²) in [5, 5.41) is 0. The molecule has 0 radical (unpaired) electrons. The molecule has 0 amide bonds. The highest BCUT2D eigenvalue weighted by molar-refractivity contribution is 5.27. The van der Waals surface area contributed by atoms with Crippen molar-refractivity contribution in [3.8, 4) is 0 Å². The van der Waals surface area contributed by atoms with Crippen LogP contribution in [0.2, 0.25) is 0 Å². The normalized spacial score (nSPS) is 23.9. The minimum absolute atomic E-state index is 0.173. The van der Waals surface area contributed by atoms with Crippen LogP contribution in [0.4, 0.5) is 0 Å². The van der Waals surface area contributed by atoms with Gasteiger partial charge in [-0.05, 0) is 24.1 Å². The van der Waals surface area contributed by atoms with Crippen LogP contribution in [-0.4, -0.2) is 51.0 Å². The Hall–Kier alpha value is -0.940. The molecule has 2 rings (SSSR count). The molecule has 4 nitrogen and oxygen atoms in total. The van der Waals surface area contributed by atoms with E-state index in [1.54, 1.807) is 14.2 Å². The summed E-state index contributed by atoms with van der Waals surface area (Å²) in [6.45, 7) is 3.48. The Morgan fingerprint density at radius 3 is 2.21 bits per heavy atom. The lowest BCUT2D eigenvalue weighted by molar-refractivity contribution is -0.00461. The first-order valence-electron chi connectivity index (χ1n) is 6.83. The van der Waals surface area contributed by atoms with E-state index in [2.05, 4.69) is 29.2 Å². The molecular weight excluding hydrogens is 240 g/mol. The van der Waals surface area contributed by atoms with Gasteiger partial charge in [0.1, 0.15) is 0 Å². The van der Waals surface area contributed by atoms with Crippen molar-refractivity contribution in [3.05, 3.63) is 35.4 Å². The van der Waals surface area contributed by atoms with E-state index in [-0.39, 0.29) is 12.2 Å². The second-order valence-corrected chi connectivity index (χ2v) is 5.05. The van der Waals surface area contributed by atoms with Gasteiger partial charge < -0.3 is 15.2 Å². The summed E-state index contributed by atoms with van der Waals surface area (Å²) in [6.07, 6.45) is 1.28. The lowest BCUT2D eigenvalue weighted by atomic mass is 10.0. The third-order valence-corrected chi connectivity index (χ3v) is 3.82. The predicted molar refractivity (Wildman–Crippen MR) is 76.1 cm³/mol. The minimum atomic E-state index is 0.173. The van der Waals surface area contributed by atoms with Gasteiger partial charge in [0.05, 0.1) is 12.2 Å². The molecule has 1 heterocycles. The largest absolute Gasteiger partial charge is 0.377 e. The Labute approximate surface area is 115 Å². The Bertz CT molecular complexity index is 385. The van der Waals surface area contributed by atoms with Gasteiger partial charge in [-0.15, -0.1) is 0 Å². The Kier molecular flexibility index (Phi) is 5.34. The van der Waals surface area contributed by atoms with Gasteiger partial charge in [-0.25, -0.2) is 0 Å². The standard InChI is InChI=1S/C15H24N2O2/c1-18-14-10-17(11-15(14)19-2)9-13-6-4-3-5-12(13)7-8-16/h3-6,14-15H,7-11,16H2,1-2H3. The summed E-state index contributed by atoms with van der Waals surface area (Å²) in [6, 6.07) is 8.52. The number of likely N-dealkylation sites (tertiary alicyclic amines) is 1. The third-order valence-electron chi connectivity index (χ3n) is 3.82. The van der Waals surface area contributed by atoms with Gasteiger partial charge in [0.15, 0.2) is 0 Å². The molecule has 2 atom stereocenters. The first-order chi connectivity index (χ1) is 9.28. The van der Waals surface area contributed by atoms with Gasteiger partial charge >= 0.3 is 0 Å². The van der Waals surface area contributed by atoms with Crippen LogP contribution >= 0.6 is 0 Å². The molecular formula is C15H24N2O2. The minimum Gasteiger partial charge on any atom is -0.377 e. The lowest BCUT2D eigenvalue weighted by Crippen LogP contribution is -2.27. The highest BCUT2D eigenvalue weighted by Gasteiger charge is 2.32. The topological polar surface area (TPSA) is 47.7 Å². The zero-order valence-electron chi connectivity index (χ0n) is 11.8. The maximum atomic E-state index is 5.67. The van der Waals surface area contributed by atoms with Gasteiger partial charge in [0.25, 0.3) is 0 Å². The quantitative estimate of drug-likeness (QED) is 0.834. The van der Waals surface area contributed by atoms with E-state index in [1.165, 1.54) is 11.1 Å². The smallest absolute Gasteiger partial charge is 0.0971 e. The average molecular weight is 264 g/mol. The highest BCUT2D eigenvalue weighted by atomic mass is 16.5. The molecule has 1 aromatic carbocycles. The average Bonchev–Trinajstić information content (AvgIpc) is 2.83. The summed E-state index contributed by atoms with van der Waals surface area (Å²) in [5.74, 6) is 0. The molecule has 0 spiro atoms. The molecule has 1 aromatic rings. The molecule has 1 aliphatic rings. The van der Waals surface area contributed by atoms with E-state index in [0.717, 1.165) is 26.1 Å². The van der Waals surface area contributed by atoms with Crippen LogP contribution in [0, 0.1) is 0 Å². The first-order valence-corrected chi connectivity index (χ1v) is 6.83. The van der Waals surface area contributed by atoms with E-state index in [4.69, 9.17) is 15.2 Å². The fourth-order valence-corrected chi connectivity index (χ4v) is 2.75. The van der Waals surface area contributed by atoms with Crippen molar-refractivity contribution in [2.24, 2.45) is 5.73 Å². The number of nitrogens with two attached hydrogens (primary N) is 1. The van der Waals surface area contributed by atoms with E-state index in [9.17, 15) is 0 Å². The van der Waals surface area contributed by atoms with Gasteiger partial charge in [0.2, 0.25) is 0 Å². The molecule has 2 unspecified atom stereocenters. The number of rotatable bonds is 6. The van der Waals surface area contributed by atoms with Crippen LogP contribution < -0.4 is 5.73 Å². The number of ether oxygens (including phenoxy) is 2. The molecule has 1 fully saturated rings. The summed E-state index contributed by atoms with van der Waals surface area (Å²) in [5.41, 5.74) is 8.38. The number of benzene rings is 1. The molecule has 1 saturated heterocycles. The van der Waals surface area contributed by atoms with Gasteiger partial charge in [-0.1, -0.05) is 24.3 Å². The SMILES string of the molecule is COC1CN(Cc2ccccc2CCN)CC1OC. The highest BCUT2D eigenvalue weighted by Crippen LogP contribution is 2.20. The number of hydrogen-bond donors (Lipinski definition) is 1. The zero-order chi connectivity index (χ0) is 13.7. The molecule has 4 heteroatoms. The van der Waals surface area contributed by atoms with Crippen molar-refractivity contribution in [2.45, 2.75) is 25.2 Å². The summed E-state index contributed by atoms with van der Waals surface area (Å²) in [4.78, 5) is 2.39. The molecule has 106 valence electrons. The third kappa shape index (κ3) is 3.54. The predicted octanol–water partition coefficient (Wildman–Crippen LogP) is 1.03. The van der Waals surface area contributed by atoms with Crippen molar-refractivity contribution < 1.29 is 9.47 Å². The summed E-state index contributed by atoms with van der Waals surface area (Å²) in [7, 11) is 3.51. The van der Waals surface area contributed by atoms with Crippen LogP contribution in [0.25, 0.3) is 0 Å². The Morgan fingerprint density at radius 1 is 1.11 bits per heavy atom. The Balaban J connectivity index is 2.02. The zero-order valence-corrected chi connectivity index (χ0v) is 11.8. The number of hydrogen-bond acceptors (Lipinski definition) is 4. The summed E-state index contributed by atoms with van der Waals surface area (Å²) < 4.78 is 10.9. The molecule has 0 bridgehead atoms. The number of methoxy groups -OCH3 is 2. The molecule has 0 aromatic heterocycles. The van der Waals surface area contributed by atoms with Gasteiger partial charge in [0, 0.05) is 33.9 Å². The second-order valence-electron chi connectivity index (χ2n) is 5.05. The second kappa shape index (κ2) is 7.01. The van der Waals surface area contributed by atoms with Crippen LogP contribution in [0.3, 0.4) is 0 Å². The van der Waals surface area contributed by atoms with E-state index in [1.807, 2.05) is 0 Å². The lowest BCUT2D eigenvalue weighted by Gasteiger charge is -2.17. The maximum Gasteiger partial charge on any atom is 0.0971 e. The van der Waals surface area contributed by atoms with Crippen molar-refractivity contribution in [1.29, 1.82) is 0 Å². The molecule has 0 aliphatic carbocycles. The van der Waals surface area contributed by atoms with Crippen LogP contribution in [-0.2, 0) is 22.4 Å². The summed E-state index contributed by atoms with van der Waals surface area (Å²) >= 11 is 0. The maximum absolute atomic E-state index is 5.67. The van der Waals surface area contributed by atoms with E-state index in [0.29, 0.717) is 6.54 Å². The van der Waals surface area contributed by atoms with Crippen molar-refractivity contribution >= 4 is 0 Å². The Morgan fingerprint density at radius 2 is 1.68 bits per heavy atom. The molecule has 0 saturated carbocycles. The van der Waals surface area contributed by atoms with Gasteiger partial charge in [-0.2, -0.15) is 0 Å². The number of nitrogens with zero attached hydrogens (tertiary/aromatic N) is 1. The van der Waals surface area contributed by atoms with Crippen LogP contribution in [0.15, 0.2) is 24.3 Å². The van der Waals surface area contributed by atoms with Crippen molar-refractivity contribution in [1.82, 2.24) is 4.90 Å². The molecule has 2 N–H and O–H groups in total. The van der Waals surface area contributed by atoms with E-state index < -0.39 is 0 Å². The fraction of sp³-hybridized carbons (Fsp3) is 0.600. The van der Waals surface area contributed by atoms with Crippen molar-refractivity contribution in [3.63, 3.8) is 0 Å².